The molecular weight excluding hydrogens is 301 g/mol. The van der Waals surface area contributed by atoms with Crippen LogP contribution in [0.15, 0.2) is 23.1 Å². The number of carbonyl (C=O) groups is 2. The van der Waals surface area contributed by atoms with Crippen LogP contribution in [0.25, 0.3) is 0 Å². The van der Waals surface area contributed by atoms with Gasteiger partial charge < -0.3 is 10.4 Å². The van der Waals surface area contributed by atoms with Crippen LogP contribution in [0.1, 0.15) is 29.6 Å². The molecule has 21 heavy (non-hydrogen) atoms. The quantitative estimate of drug-likeness (QED) is 0.809. The first-order valence-electron chi connectivity index (χ1n) is 6.38. The summed E-state index contributed by atoms with van der Waals surface area (Å²) in [5.41, 5.74) is -0.731. The van der Waals surface area contributed by atoms with Crippen molar-refractivity contribution in [1.29, 1.82) is 0 Å². The van der Waals surface area contributed by atoms with E-state index in [4.69, 9.17) is 5.11 Å². The molecule has 0 bridgehead atoms. The topological polar surface area (TPSA) is 101 Å². The van der Waals surface area contributed by atoms with E-state index in [9.17, 15) is 22.4 Å². The Balaban J connectivity index is 2.46. The molecule has 1 heterocycles. The minimum atomic E-state index is -4.05. The molecule has 114 valence electrons. The van der Waals surface area contributed by atoms with E-state index in [2.05, 4.69) is 5.32 Å². The monoisotopic (exact) mass is 315 g/mol. The lowest BCUT2D eigenvalue weighted by Crippen LogP contribution is -2.38. The molecule has 1 amide bonds. The zero-order chi connectivity index (χ0) is 15.6. The second-order valence-corrected chi connectivity index (χ2v) is 6.90. The Morgan fingerprint density at radius 3 is 2.71 bits per heavy atom. The Bertz CT molecular complexity index is 686. The van der Waals surface area contributed by atoms with Gasteiger partial charge in [0.15, 0.2) is 9.84 Å². The summed E-state index contributed by atoms with van der Waals surface area (Å²) in [6, 6.07) is 2.52. The minimum absolute atomic E-state index is 0.161. The number of hydrogen-bond donors (Lipinski definition) is 2. The summed E-state index contributed by atoms with van der Waals surface area (Å²) in [5, 5.41) is 10.1. The van der Waals surface area contributed by atoms with Crippen LogP contribution < -0.4 is 5.32 Å². The predicted molar refractivity (Wildman–Crippen MR) is 71.2 cm³/mol. The van der Waals surface area contributed by atoms with Crippen LogP contribution in [-0.2, 0) is 14.6 Å². The first-order chi connectivity index (χ1) is 9.84. The van der Waals surface area contributed by atoms with Gasteiger partial charge in [-0.15, -0.1) is 0 Å². The van der Waals surface area contributed by atoms with Gasteiger partial charge in [-0.05, 0) is 37.5 Å². The number of nitrogens with one attached hydrogen (secondary N) is 1. The van der Waals surface area contributed by atoms with Gasteiger partial charge in [0.1, 0.15) is 11.1 Å². The summed E-state index contributed by atoms with van der Waals surface area (Å²) in [7, 11) is -4.05. The van der Waals surface area contributed by atoms with Crippen LogP contribution in [0, 0.1) is 5.82 Å². The average Bonchev–Trinajstić information content (AvgIpc) is 2.63. The Morgan fingerprint density at radius 1 is 1.33 bits per heavy atom. The van der Waals surface area contributed by atoms with E-state index in [0.29, 0.717) is 19.4 Å². The molecule has 0 aromatic heterocycles. The molecule has 8 heteroatoms. The highest BCUT2D eigenvalue weighted by Crippen LogP contribution is 2.24. The third kappa shape index (κ3) is 3.05. The Labute approximate surface area is 120 Å². The molecule has 0 aliphatic carbocycles. The smallest absolute Gasteiger partial charge is 0.338 e. The van der Waals surface area contributed by atoms with E-state index in [-0.39, 0.29) is 11.3 Å². The standard InChI is InChI=1S/C13H14FNO5S/c14-10-5-4-8(7-9(10)13(17)18)21(19,20)11-3-1-2-6-15-12(11)16/h4-5,7,11H,1-3,6H2,(H,15,16)(H,17,18). The number of amides is 1. The van der Waals surface area contributed by atoms with E-state index in [1.165, 1.54) is 0 Å². The van der Waals surface area contributed by atoms with Crippen molar-refractivity contribution in [2.75, 3.05) is 6.54 Å². The Hall–Kier alpha value is -1.96. The molecule has 6 nitrogen and oxygen atoms in total. The molecule has 2 rings (SSSR count). The summed E-state index contributed by atoms with van der Waals surface area (Å²) in [6.45, 7) is 0.411. The van der Waals surface area contributed by atoms with Crippen molar-refractivity contribution in [2.24, 2.45) is 0 Å². The summed E-state index contributed by atoms with van der Waals surface area (Å²) < 4.78 is 38.3. The van der Waals surface area contributed by atoms with Gasteiger partial charge in [0.2, 0.25) is 5.91 Å². The first kappa shape index (κ1) is 15.4. The maximum Gasteiger partial charge on any atom is 0.338 e. The molecule has 1 aromatic rings. The van der Waals surface area contributed by atoms with E-state index < -0.39 is 38.3 Å². The fourth-order valence-electron chi connectivity index (χ4n) is 2.22. The molecular formula is C13H14FNO5S. The highest BCUT2D eigenvalue weighted by Gasteiger charge is 2.35. The van der Waals surface area contributed by atoms with Gasteiger partial charge in [-0.1, -0.05) is 0 Å². The van der Waals surface area contributed by atoms with Crippen molar-refractivity contribution in [3.63, 3.8) is 0 Å². The van der Waals surface area contributed by atoms with Crippen LogP contribution in [0.5, 0.6) is 0 Å². The maximum absolute atomic E-state index is 13.3. The van der Waals surface area contributed by atoms with Gasteiger partial charge >= 0.3 is 5.97 Å². The number of sulfone groups is 1. The zero-order valence-corrected chi connectivity index (χ0v) is 11.8. The van der Waals surface area contributed by atoms with Crippen LogP contribution >= 0.6 is 0 Å². The highest BCUT2D eigenvalue weighted by atomic mass is 32.2. The lowest BCUT2D eigenvalue weighted by atomic mass is 10.2. The molecule has 1 fully saturated rings. The number of hydrogen-bond acceptors (Lipinski definition) is 4. The second-order valence-electron chi connectivity index (χ2n) is 4.77. The third-order valence-electron chi connectivity index (χ3n) is 3.36. The van der Waals surface area contributed by atoms with Crippen molar-refractivity contribution in [3.05, 3.63) is 29.6 Å². The Morgan fingerprint density at radius 2 is 2.05 bits per heavy atom. The van der Waals surface area contributed by atoms with Crippen molar-refractivity contribution in [2.45, 2.75) is 29.4 Å². The van der Waals surface area contributed by atoms with Crippen molar-refractivity contribution < 1.29 is 27.5 Å². The number of rotatable bonds is 3. The summed E-state index contributed by atoms with van der Waals surface area (Å²) in [6.07, 6.45) is 1.41. The molecule has 2 N–H and O–H groups in total. The first-order valence-corrected chi connectivity index (χ1v) is 7.93. The van der Waals surface area contributed by atoms with Gasteiger partial charge in [-0.25, -0.2) is 17.6 Å². The summed E-state index contributed by atoms with van der Waals surface area (Å²) in [5.74, 6) is -3.18. The van der Waals surface area contributed by atoms with E-state index in [0.717, 1.165) is 18.2 Å². The normalized spacial score (nSPS) is 19.7. The van der Waals surface area contributed by atoms with Crippen LogP contribution in [0.4, 0.5) is 4.39 Å². The van der Waals surface area contributed by atoms with Crippen LogP contribution in [0.3, 0.4) is 0 Å². The molecule has 1 aliphatic rings. The summed E-state index contributed by atoms with van der Waals surface area (Å²) >= 11 is 0. The van der Waals surface area contributed by atoms with Crippen molar-refractivity contribution in [1.82, 2.24) is 5.32 Å². The number of halogens is 1. The molecule has 0 radical (unpaired) electrons. The molecule has 1 atom stereocenters. The van der Waals surface area contributed by atoms with Crippen molar-refractivity contribution >= 4 is 21.7 Å². The molecule has 0 saturated carbocycles. The fourth-order valence-corrected chi connectivity index (χ4v) is 3.93. The van der Waals surface area contributed by atoms with Gasteiger partial charge in [-0.3, -0.25) is 4.79 Å². The lowest BCUT2D eigenvalue weighted by Gasteiger charge is -2.14. The number of carboxylic acid groups (broad SMARTS) is 1. The fraction of sp³-hybridized carbons (Fsp3) is 0.385. The third-order valence-corrected chi connectivity index (χ3v) is 5.47. The number of carboxylic acids is 1. The SMILES string of the molecule is O=C(O)c1cc(S(=O)(=O)C2CCCCNC2=O)ccc1F. The zero-order valence-electron chi connectivity index (χ0n) is 11.0. The number of benzene rings is 1. The summed E-state index contributed by atoms with van der Waals surface area (Å²) in [4.78, 5) is 22.4. The van der Waals surface area contributed by atoms with Crippen LogP contribution in [0.2, 0.25) is 0 Å². The van der Waals surface area contributed by atoms with Gasteiger partial charge in [0.25, 0.3) is 0 Å². The van der Waals surface area contributed by atoms with E-state index in [1.54, 1.807) is 0 Å². The predicted octanol–water partition coefficient (Wildman–Crippen LogP) is 0.966. The Kier molecular flexibility index (Phi) is 4.26. The maximum atomic E-state index is 13.3. The average molecular weight is 315 g/mol. The molecule has 1 saturated heterocycles. The lowest BCUT2D eigenvalue weighted by molar-refractivity contribution is -0.120. The number of aromatic carboxylic acids is 1. The minimum Gasteiger partial charge on any atom is -0.478 e. The van der Waals surface area contributed by atoms with E-state index >= 15 is 0 Å². The second kappa shape index (κ2) is 5.80. The van der Waals surface area contributed by atoms with E-state index in [1.807, 2.05) is 0 Å². The molecule has 1 aliphatic heterocycles. The van der Waals surface area contributed by atoms with Gasteiger partial charge in [-0.2, -0.15) is 0 Å². The van der Waals surface area contributed by atoms with Crippen molar-refractivity contribution in [3.8, 4) is 0 Å². The largest absolute Gasteiger partial charge is 0.478 e. The number of carbonyl (C=O) groups excluding carboxylic acids is 1. The highest BCUT2D eigenvalue weighted by molar-refractivity contribution is 7.92. The molecule has 1 aromatic carbocycles. The van der Waals surface area contributed by atoms with Crippen LogP contribution in [-0.4, -0.2) is 37.2 Å². The molecule has 0 spiro atoms. The molecule has 1 unspecified atom stereocenters. The van der Waals surface area contributed by atoms with Gasteiger partial charge in [0, 0.05) is 6.54 Å². The van der Waals surface area contributed by atoms with Gasteiger partial charge in [0.05, 0.1) is 10.5 Å².